The summed E-state index contributed by atoms with van der Waals surface area (Å²) in [7, 11) is 4.33. The van der Waals surface area contributed by atoms with Crippen molar-refractivity contribution in [1.29, 1.82) is 0 Å². The van der Waals surface area contributed by atoms with Crippen molar-refractivity contribution < 1.29 is 10.1 Å². The van der Waals surface area contributed by atoms with Crippen LogP contribution in [0.4, 0.5) is 0 Å². The number of hydrogen-bond donors (Lipinski definition) is 2. The zero-order valence-electron chi connectivity index (χ0n) is 16.7. The SMILES string of the molecule is C=C1CCC2([NH2+][CH2-])C(C)CCC3C(C)CC(CC(C)(C)NC=O)C1C32. The summed E-state index contributed by atoms with van der Waals surface area (Å²) in [5, 5.41) is 5.38. The van der Waals surface area contributed by atoms with Crippen LogP contribution >= 0.6 is 0 Å². The van der Waals surface area contributed by atoms with Crippen LogP contribution in [-0.4, -0.2) is 17.5 Å². The second-order valence-electron chi connectivity index (χ2n) is 9.99. The minimum Gasteiger partial charge on any atom is -0.473 e. The minimum atomic E-state index is -0.145. The first-order chi connectivity index (χ1) is 11.8. The third kappa shape index (κ3) is 3.07. The third-order valence-electron chi connectivity index (χ3n) is 8.19. The summed E-state index contributed by atoms with van der Waals surface area (Å²) in [6.45, 7) is 13.8. The molecule has 0 spiro atoms. The van der Waals surface area contributed by atoms with E-state index >= 15 is 0 Å². The van der Waals surface area contributed by atoms with Gasteiger partial charge in [0.05, 0.1) is 5.54 Å². The summed E-state index contributed by atoms with van der Waals surface area (Å²) in [5.41, 5.74) is 1.62. The van der Waals surface area contributed by atoms with E-state index in [4.69, 9.17) is 0 Å². The predicted octanol–water partition coefficient (Wildman–Crippen LogP) is 3.28. The van der Waals surface area contributed by atoms with Gasteiger partial charge in [0.2, 0.25) is 6.41 Å². The standard InChI is InChI=1S/C22H38N2O/c1-14-9-10-22(23-6)16(3)7-8-18-15(2)11-17(19(14)20(18)22)12-21(4,5)24-13-25/h13,15-20H,1,6-12,23H2,2-5H3,(H,24,25). The van der Waals surface area contributed by atoms with E-state index < -0.39 is 0 Å². The topological polar surface area (TPSA) is 45.7 Å². The molecule has 3 N–H and O–H groups in total. The van der Waals surface area contributed by atoms with Gasteiger partial charge in [-0.1, -0.05) is 26.0 Å². The van der Waals surface area contributed by atoms with Crippen molar-refractivity contribution in [1.82, 2.24) is 5.32 Å². The second-order valence-corrected chi connectivity index (χ2v) is 9.99. The molecule has 142 valence electrons. The fraction of sp³-hybridized carbons (Fsp3) is 0.818. The molecule has 0 saturated heterocycles. The Hall–Kier alpha value is -0.830. The molecular weight excluding hydrogens is 308 g/mol. The number of carbonyl (C=O) groups excluding carboxylic acids is 1. The fourth-order valence-electron chi connectivity index (χ4n) is 7.02. The van der Waals surface area contributed by atoms with Crippen LogP contribution in [-0.2, 0) is 4.79 Å². The lowest BCUT2D eigenvalue weighted by atomic mass is 9.44. The zero-order valence-corrected chi connectivity index (χ0v) is 16.7. The van der Waals surface area contributed by atoms with Gasteiger partial charge in [-0.25, -0.2) is 0 Å². The van der Waals surface area contributed by atoms with Crippen molar-refractivity contribution >= 4 is 6.41 Å². The van der Waals surface area contributed by atoms with Crippen molar-refractivity contribution in [2.45, 2.75) is 77.3 Å². The summed E-state index contributed by atoms with van der Waals surface area (Å²) in [5.74, 6) is 4.23. The van der Waals surface area contributed by atoms with Crippen LogP contribution in [0.15, 0.2) is 12.2 Å². The monoisotopic (exact) mass is 346 g/mol. The quantitative estimate of drug-likeness (QED) is 0.448. The normalized spacial score (nSPS) is 44.1. The fourth-order valence-corrected chi connectivity index (χ4v) is 7.02. The summed E-state index contributed by atoms with van der Waals surface area (Å²) < 4.78 is 0. The molecule has 3 saturated carbocycles. The molecule has 3 heteroatoms. The highest BCUT2D eigenvalue weighted by molar-refractivity contribution is 5.47. The molecule has 25 heavy (non-hydrogen) atoms. The predicted molar refractivity (Wildman–Crippen MR) is 102 cm³/mol. The maximum atomic E-state index is 11.0. The van der Waals surface area contributed by atoms with Crippen LogP contribution in [0.25, 0.3) is 0 Å². The van der Waals surface area contributed by atoms with Crippen LogP contribution in [0, 0.1) is 42.6 Å². The van der Waals surface area contributed by atoms with Gasteiger partial charge in [0, 0.05) is 23.8 Å². The van der Waals surface area contributed by atoms with E-state index in [0.29, 0.717) is 23.3 Å². The number of quaternary nitrogens is 1. The molecule has 0 aromatic carbocycles. The minimum absolute atomic E-state index is 0.145. The molecule has 0 aromatic rings. The average Bonchev–Trinajstić information content (AvgIpc) is 2.54. The molecule has 0 heterocycles. The van der Waals surface area contributed by atoms with Gasteiger partial charge in [0.25, 0.3) is 0 Å². The van der Waals surface area contributed by atoms with Gasteiger partial charge in [-0.3, -0.25) is 4.79 Å². The van der Waals surface area contributed by atoms with E-state index in [1.165, 1.54) is 31.3 Å². The molecular formula is C22H38N2O. The Labute approximate surface area is 154 Å². The van der Waals surface area contributed by atoms with Crippen LogP contribution in [0.1, 0.15) is 66.2 Å². The van der Waals surface area contributed by atoms with Crippen molar-refractivity contribution in [3.8, 4) is 0 Å². The lowest BCUT2D eigenvalue weighted by Crippen LogP contribution is -2.97. The largest absolute Gasteiger partial charge is 0.473 e. The van der Waals surface area contributed by atoms with Gasteiger partial charge in [0.1, 0.15) is 0 Å². The Morgan fingerprint density at radius 3 is 2.76 bits per heavy atom. The van der Waals surface area contributed by atoms with Gasteiger partial charge in [0.15, 0.2) is 0 Å². The Balaban J connectivity index is 1.96. The summed E-state index contributed by atoms with van der Waals surface area (Å²) in [6.07, 6.45) is 8.29. The lowest BCUT2D eigenvalue weighted by Gasteiger charge is -2.62. The second kappa shape index (κ2) is 6.72. The Morgan fingerprint density at radius 2 is 2.12 bits per heavy atom. The number of nitrogens with two attached hydrogens (primary N) is 1. The highest BCUT2D eigenvalue weighted by Gasteiger charge is 2.60. The Bertz CT molecular complexity index is 528. The van der Waals surface area contributed by atoms with Crippen LogP contribution in [0.3, 0.4) is 0 Å². The third-order valence-corrected chi connectivity index (χ3v) is 8.19. The maximum Gasteiger partial charge on any atom is 0.207 e. The highest BCUT2D eigenvalue weighted by Crippen LogP contribution is 2.60. The van der Waals surface area contributed by atoms with Crippen LogP contribution < -0.4 is 10.6 Å². The van der Waals surface area contributed by atoms with Crippen molar-refractivity contribution in [3.63, 3.8) is 0 Å². The van der Waals surface area contributed by atoms with Crippen LogP contribution in [0.5, 0.6) is 0 Å². The molecule has 3 rings (SSSR count). The first kappa shape index (κ1) is 18.9. The number of nitrogens with one attached hydrogen (secondary N) is 1. The maximum absolute atomic E-state index is 11.0. The number of carbonyl (C=O) groups is 1. The Morgan fingerprint density at radius 1 is 1.40 bits per heavy atom. The number of rotatable bonds is 5. The summed E-state index contributed by atoms with van der Waals surface area (Å²) >= 11 is 0. The molecule has 7 unspecified atom stereocenters. The van der Waals surface area contributed by atoms with E-state index in [2.05, 4.69) is 52.0 Å². The first-order valence-electron chi connectivity index (χ1n) is 10.3. The molecule has 0 bridgehead atoms. The summed E-state index contributed by atoms with van der Waals surface area (Å²) in [4.78, 5) is 11.0. The molecule has 7 atom stereocenters. The van der Waals surface area contributed by atoms with Crippen LogP contribution in [0.2, 0.25) is 0 Å². The van der Waals surface area contributed by atoms with Crippen molar-refractivity contribution in [2.75, 3.05) is 0 Å². The van der Waals surface area contributed by atoms with E-state index in [1.807, 2.05) is 0 Å². The van der Waals surface area contributed by atoms with Gasteiger partial charge in [-0.2, -0.15) is 7.05 Å². The van der Waals surface area contributed by atoms with E-state index in [1.54, 1.807) is 0 Å². The molecule has 3 aliphatic rings. The molecule has 0 aliphatic heterocycles. The molecule has 3 nitrogen and oxygen atoms in total. The summed E-state index contributed by atoms with van der Waals surface area (Å²) in [6, 6.07) is 0. The highest BCUT2D eigenvalue weighted by atomic mass is 16.1. The van der Waals surface area contributed by atoms with Gasteiger partial charge < -0.3 is 10.6 Å². The van der Waals surface area contributed by atoms with Gasteiger partial charge >= 0.3 is 0 Å². The lowest BCUT2D eigenvalue weighted by molar-refractivity contribution is -0.703. The van der Waals surface area contributed by atoms with Crippen molar-refractivity contribution in [3.05, 3.63) is 19.2 Å². The smallest absolute Gasteiger partial charge is 0.207 e. The molecule has 1 amide bonds. The average molecular weight is 347 g/mol. The van der Waals surface area contributed by atoms with Gasteiger partial charge in [-0.05, 0) is 69.6 Å². The van der Waals surface area contributed by atoms with E-state index in [-0.39, 0.29) is 5.54 Å². The number of amides is 1. The molecule has 0 radical (unpaired) electrons. The Kier molecular flexibility index (Phi) is 5.09. The number of hydrogen-bond acceptors (Lipinski definition) is 1. The first-order valence-corrected chi connectivity index (χ1v) is 10.3. The zero-order chi connectivity index (χ0) is 18.4. The molecule has 3 fully saturated rings. The van der Waals surface area contributed by atoms with Crippen molar-refractivity contribution in [2.24, 2.45) is 35.5 Å². The van der Waals surface area contributed by atoms with E-state index in [0.717, 1.165) is 37.0 Å². The van der Waals surface area contributed by atoms with E-state index in [9.17, 15) is 4.79 Å². The van der Waals surface area contributed by atoms with Gasteiger partial charge in [-0.15, -0.1) is 0 Å². The number of allylic oxidation sites excluding steroid dienone is 1. The molecule has 0 aromatic heterocycles. The molecule has 3 aliphatic carbocycles.